The predicted molar refractivity (Wildman–Crippen MR) is 112 cm³/mol. The third-order valence-corrected chi connectivity index (χ3v) is 4.42. The third-order valence-electron chi connectivity index (χ3n) is 4.42. The number of hydrogen-bond donors (Lipinski definition) is 1. The number of ether oxygens (including phenoxy) is 2. The van der Waals surface area contributed by atoms with Crippen LogP contribution in [0.4, 0.5) is 0 Å². The van der Waals surface area contributed by atoms with Crippen LogP contribution in [-0.2, 0) is 0 Å². The molecule has 5 rings (SSSR count). The van der Waals surface area contributed by atoms with Gasteiger partial charge in [-0.25, -0.2) is 15.0 Å². The summed E-state index contributed by atoms with van der Waals surface area (Å²) < 4.78 is 11.5. The van der Waals surface area contributed by atoms with Crippen molar-refractivity contribution in [2.45, 2.75) is 0 Å². The van der Waals surface area contributed by atoms with Crippen molar-refractivity contribution in [1.29, 1.82) is 0 Å². The average Bonchev–Trinajstić information content (AvgIpc) is 3.25. The summed E-state index contributed by atoms with van der Waals surface area (Å²) in [5, 5.41) is 0. The molecule has 3 heterocycles. The molecule has 0 amide bonds. The van der Waals surface area contributed by atoms with Crippen LogP contribution < -0.4 is 9.47 Å². The summed E-state index contributed by atoms with van der Waals surface area (Å²) in [4.78, 5) is 32.5. The standard InChI is InChI=1S/C23H15N5O3/c29-20(21-27-18-5-1-2-6-19(18)28-21)15-7-9-16(10-8-15)30-22-23(26-13-12-25-22)31-17-4-3-11-24-14-17/h1-14H,(H,27,28). The lowest BCUT2D eigenvalue weighted by Crippen LogP contribution is -2.03. The number of aromatic amines is 1. The monoisotopic (exact) mass is 409 g/mol. The van der Waals surface area contributed by atoms with Crippen LogP contribution in [0.3, 0.4) is 0 Å². The zero-order valence-corrected chi connectivity index (χ0v) is 16.1. The van der Waals surface area contributed by atoms with Gasteiger partial charge in [0.25, 0.3) is 11.8 Å². The van der Waals surface area contributed by atoms with Gasteiger partial charge in [-0.15, -0.1) is 0 Å². The van der Waals surface area contributed by atoms with E-state index >= 15 is 0 Å². The van der Waals surface area contributed by atoms with Crippen molar-refractivity contribution in [3.8, 4) is 23.3 Å². The van der Waals surface area contributed by atoms with Gasteiger partial charge in [0.1, 0.15) is 11.5 Å². The number of aromatic nitrogens is 5. The number of benzene rings is 2. The Kier molecular flexibility index (Phi) is 4.78. The highest BCUT2D eigenvalue weighted by atomic mass is 16.5. The molecule has 2 aromatic carbocycles. The van der Waals surface area contributed by atoms with E-state index in [1.165, 1.54) is 12.4 Å². The normalized spacial score (nSPS) is 10.7. The number of ketones is 1. The Morgan fingerprint density at radius 2 is 1.52 bits per heavy atom. The fourth-order valence-corrected chi connectivity index (χ4v) is 2.95. The summed E-state index contributed by atoms with van der Waals surface area (Å²) in [6.07, 6.45) is 6.23. The lowest BCUT2D eigenvalue weighted by molar-refractivity contribution is 0.103. The van der Waals surface area contributed by atoms with Crippen LogP contribution in [0.15, 0.2) is 85.5 Å². The molecule has 0 bridgehead atoms. The number of H-pyrrole nitrogens is 1. The van der Waals surface area contributed by atoms with Gasteiger partial charge >= 0.3 is 0 Å². The molecule has 0 aliphatic carbocycles. The molecule has 1 N–H and O–H groups in total. The van der Waals surface area contributed by atoms with E-state index in [0.29, 0.717) is 17.1 Å². The van der Waals surface area contributed by atoms with E-state index in [9.17, 15) is 4.79 Å². The minimum absolute atomic E-state index is 0.197. The van der Waals surface area contributed by atoms with E-state index in [1.807, 2.05) is 24.3 Å². The fraction of sp³-hybridized carbons (Fsp3) is 0. The van der Waals surface area contributed by atoms with E-state index in [4.69, 9.17) is 9.47 Å². The largest absolute Gasteiger partial charge is 0.435 e. The highest BCUT2D eigenvalue weighted by molar-refractivity contribution is 6.08. The first-order valence-corrected chi connectivity index (χ1v) is 9.42. The van der Waals surface area contributed by atoms with Crippen molar-refractivity contribution in [3.63, 3.8) is 0 Å². The number of carbonyl (C=O) groups excluding carboxylic acids is 1. The van der Waals surface area contributed by atoms with Gasteiger partial charge in [0.15, 0.2) is 5.82 Å². The second-order valence-electron chi connectivity index (χ2n) is 6.52. The zero-order chi connectivity index (χ0) is 21.0. The molecule has 0 fully saturated rings. The Labute approximate surface area is 176 Å². The topological polar surface area (TPSA) is 103 Å². The Morgan fingerprint density at radius 1 is 0.774 bits per heavy atom. The van der Waals surface area contributed by atoms with Gasteiger partial charge < -0.3 is 14.5 Å². The Bertz CT molecular complexity index is 1320. The Balaban J connectivity index is 1.34. The maximum atomic E-state index is 12.8. The van der Waals surface area contributed by atoms with Crippen LogP contribution in [0.1, 0.15) is 16.2 Å². The van der Waals surface area contributed by atoms with Crippen molar-refractivity contribution in [3.05, 3.63) is 96.8 Å². The highest BCUT2D eigenvalue weighted by Gasteiger charge is 2.15. The molecule has 3 aromatic heterocycles. The lowest BCUT2D eigenvalue weighted by atomic mass is 10.1. The van der Waals surface area contributed by atoms with Crippen LogP contribution in [0.25, 0.3) is 11.0 Å². The average molecular weight is 409 g/mol. The number of nitrogens with one attached hydrogen (secondary N) is 1. The van der Waals surface area contributed by atoms with Crippen molar-refractivity contribution in [2.75, 3.05) is 0 Å². The number of para-hydroxylation sites is 2. The van der Waals surface area contributed by atoms with E-state index in [1.54, 1.807) is 48.8 Å². The van der Waals surface area contributed by atoms with E-state index in [-0.39, 0.29) is 23.4 Å². The first-order chi connectivity index (χ1) is 15.3. The van der Waals surface area contributed by atoms with Crippen molar-refractivity contribution >= 4 is 16.8 Å². The van der Waals surface area contributed by atoms with Crippen molar-refractivity contribution in [1.82, 2.24) is 24.9 Å². The molecule has 0 atom stereocenters. The van der Waals surface area contributed by atoms with Crippen LogP contribution in [0, 0.1) is 0 Å². The highest BCUT2D eigenvalue weighted by Crippen LogP contribution is 2.30. The third kappa shape index (κ3) is 3.95. The first-order valence-electron chi connectivity index (χ1n) is 9.42. The van der Waals surface area contributed by atoms with E-state index in [2.05, 4.69) is 24.9 Å². The molecule has 31 heavy (non-hydrogen) atoms. The summed E-state index contributed by atoms with van der Waals surface area (Å²) in [6.45, 7) is 0. The molecule has 150 valence electrons. The van der Waals surface area contributed by atoms with Gasteiger partial charge in [0.2, 0.25) is 5.78 Å². The predicted octanol–water partition coefficient (Wildman–Crippen LogP) is 4.56. The van der Waals surface area contributed by atoms with E-state index in [0.717, 1.165) is 11.0 Å². The molecule has 5 aromatic rings. The van der Waals surface area contributed by atoms with Gasteiger partial charge in [-0.1, -0.05) is 12.1 Å². The summed E-state index contributed by atoms with van der Waals surface area (Å²) in [5.41, 5.74) is 2.04. The number of imidazole rings is 1. The molecule has 0 saturated carbocycles. The summed E-state index contributed by atoms with van der Waals surface area (Å²) in [6, 6.07) is 17.7. The summed E-state index contributed by atoms with van der Waals surface area (Å²) >= 11 is 0. The molecule has 0 spiro atoms. The minimum Gasteiger partial charge on any atom is -0.435 e. The Morgan fingerprint density at radius 3 is 2.23 bits per heavy atom. The van der Waals surface area contributed by atoms with Gasteiger partial charge in [0, 0.05) is 24.2 Å². The van der Waals surface area contributed by atoms with Gasteiger partial charge in [0.05, 0.1) is 17.2 Å². The van der Waals surface area contributed by atoms with Gasteiger partial charge in [-0.05, 0) is 48.5 Å². The quantitative estimate of drug-likeness (QED) is 0.410. The number of carbonyl (C=O) groups is 1. The van der Waals surface area contributed by atoms with Gasteiger partial charge in [-0.3, -0.25) is 9.78 Å². The smallest absolute Gasteiger partial charge is 0.284 e. The van der Waals surface area contributed by atoms with Crippen molar-refractivity contribution in [2.24, 2.45) is 0 Å². The molecule has 0 aliphatic rings. The molecule has 8 heteroatoms. The lowest BCUT2D eigenvalue weighted by Gasteiger charge is -2.09. The van der Waals surface area contributed by atoms with Crippen molar-refractivity contribution < 1.29 is 14.3 Å². The summed E-state index contributed by atoms with van der Waals surface area (Å²) in [5.74, 6) is 1.48. The van der Waals surface area contributed by atoms with Crippen LogP contribution in [-0.4, -0.2) is 30.7 Å². The van der Waals surface area contributed by atoms with E-state index < -0.39 is 0 Å². The molecule has 0 radical (unpaired) electrons. The second-order valence-corrected chi connectivity index (χ2v) is 6.52. The van der Waals surface area contributed by atoms with Crippen LogP contribution >= 0.6 is 0 Å². The number of fused-ring (bicyclic) bond motifs is 1. The molecular weight excluding hydrogens is 394 g/mol. The number of hydrogen-bond acceptors (Lipinski definition) is 7. The fourth-order valence-electron chi connectivity index (χ4n) is 2.95. The van der Waals surface area contributed by atoms with Crippen LogP contribution in [0.2, 0.25) is 0 Å². The van der Waals surface area contributed by atoms with Crippen LogP contribution in [0.5, 0.6) is 23.3 Å². The Hall–Kier alpha value is -4.59. The maximum absolute atomic E-state index is 12.8. The molecule has 8 nitrogen and oxygen atoms in total. The minimum atomic E-state index is -0.206. The number of pyridine rings is 1. The zero-order valence-electron chi connectivity index (χ0n) is 16.1. The first kappa shape index (κ1) is 18.4. The number of nitrogens with zero attached hydrogens (tertiary/aromatic N) is 4. The van der Waals surface area contributed by atoms with Gasteiger partial charge in [-0.2, -0.15) is 0 Å². The SMILES string of the molecule is O=C(c1ccc(Oc2nccnc2Oc2cccnc2)cc1)c1nc2ccccc2[nH]1. The molecule has 0 saturated heterocycles. The maximum Gasteiger partial charge on any atom is 0.284 e. The second kappa shape index (κ2) is 8.03. The molecule has 0 aliphatic heterocycles. The molecular formula is C23H15N5O3. The summed E-state index contributed by atoms with van der Waals surface area (Å²) in [7, 11) is 0. The number of rotatable bonds is 6. The molecule has 0 unspecified atom stereocenters.